The van der Waals surface area contributed by atoms with Crippen LogP contribution in [0.2, 0.25) is 0 Å². The Morgan fingerprint density at radius 1 is 1.00 bits per heavy atom. The number of aliphatic imine (C=N–C) groups is 1. The molecule has 0 bridgehead atoms. The van der Waals surface area contributed by atoms with Crippen molar-refractivity contribution in [1.29, 1.82) is 0 Å². The molecule has 0 fully saturated rings. The van der Waals surface area contributed by atoms with Gasteiger partial charge in [-0.25, -0.2) is 0 Å². The van der Waals surface area contributed by atoms with Gasteiger partial charge >= 0.3 is 0 Å². The molecular formula is C15H26N2. The van der Waals surface area contributed by atoms with E-state index >= 15 is 0 Å². The molecular weight excluding hydrogens is 208 g/mol. The molecule has 0 saturated carbocycles. The van der Waals surface area contributed by atoms with Crippen LogP contribution < -0.4 is 4.90 Å². The fourth-order valence-corrected chi connectivity index (χ4v) is 1.86. The van der Waals surface area contributed by atoms with Crippen LogP contribution in [-0.2, 0) is 6.42 Å². The summed E-state index contributed by atoms with van der Waals surface area (Å²) in [7, 11) is 3.94. The van der Waals surface area contributed by atoms with E-state index in [0.717, 1.165) is 12.8 Å². The summed E-state index contributed by atoms with van der Waals surface area (Å²) < 4.78 is 0. The second kappa shape index (κ2) is 8.80. The van der Waals surface area contributed by atoms with Gasteiger partial charge in [0.25, 0.3) is 0 Å². The van der Waals surface area contributed by atoms with Gasteiger partial charge in [0, 0.05) is 26.2 Å². The van der Waals surface area contributed by atoms with E-state index in [4.69, 9.17) is 0 Å². The minimum absolute atomic E-state index is 1.06. The Labute approximate surface area is 106 Å². The van der Waals surface area contributed by atoms with Crippen molar-refractivity contribution in [3.05, 3.63) is 29.8 Å². The van der Waals surface area contributed by atoms with E-state index in [9.17, 15) is 0 Å². The first-order valence-corrected chi connectivity index (χ1v) is 6.60. The maximum Gasteiger partial charge on any atom is 0.103 e. The third-order valence-corrected chi connectivity index (χ3v) is 2.62. The van der Waals surface area contributed by atoms with Crippen LogP contribution in [0.25, 0.3) is 0 Å². The number of benzene rings is 1. The fraction of sp³-hybridized carbons (Fsp3) is 0.533. The van der Waals surface area contributed by atoms with E-state index in [0.29, 0.717) is 0 Å². The molecule has 0 aliphatic carbocycles. The minimum Gasteiger partial charge on any atom is -0.333 e. The highest BCUT2D eigenvalue weighted by atomic mass is 15.2. The van der Waals surface area contributed by atoms with Crippen LogP contribution in [0, 0.1) is 0 Å². The number of nitrogens with zero attached hydrogens (tertiary/aromatic N) is 2. The molecule has 0 saturated heterocycles. The first-order valence-electron chi connectivity index (χ1n) is 6.60. The molecule has 17 heavy (non-hydrogen) atoms. The lowest BCUT2D eigenvalue weighted by Gasteiger charge is -2.28. The van der Waals surface area contributed by atoms with Crippen LogP contribution in [0.15, 0.2) is 29.3 Å². The Morgan fingerprint density at radius 2 is 1.59 bits per heavy atom. The number of rotatable bonds is 0. The van der Waals surface area contributed by atoms with Crippen LogP contribution in [0.5, 0.6) is 0 Å². The number of fused-ring (bicyclic) bond motifs is 1. The lowest BCUT2D eigenvalue weighted by atomic mass is 10.0. The zero-order valence-corrected chi connectivity index (χ0v) is 12.1. The molecule has 1 aliphatic rings. The van der Waals surface area contributed by atoms with Gasteiger partial charge in [0.2, 0.25) is 0 Å². The van der Waals surface area contributed by atoms with Gasteiger partial charge in [-0.15, -0.1) is 0 Å². The largest absolute Gasteiger partial charge is 0.333 e. The van der Waals surface area contributed by atoms with Crippen LogP contribution in [0.3, 0.4) is 0 Å². The fourth-order valence-electron chi connectivity index (χ4n) is 1.86. The zero-order chi connectivity index (χ0) is 13.3. The van der Waals surface area contributed by atoms with Crippen molar-refractivity contribution in [2.24, 2.45) is 4.99 Å². The molecule has 1 heterocycles. The second-order valence-electron chi connectivity index (χ2n) is 3.33. The molecule has 1 aromatic carbocycles. The summed E-state index contributed by atoms with van der Waals surface area (Å²) in [6.45, 7) is 8.00. The van der Waals surface area contributed by atoms with Gasteiger partial charge in [0.05, 0.1) is 0 Å². The number of para-hydroxylation sites is 1. The van der Waals surface area contributed by atoms with Crippen molar-refractivity contribution < 1.29 is 0 Å². The lowest BCUT2D eigenvalue weighted by molar-refractivity contribution is 0.951. The Morgan fingerprint density at radius 3 is 2.18 bits per heavy atom. The average molecular weight is 234 g/mol. The van der Waals surface area contributed by atoms with Crippen molar-refractivity contribution >= 4 is 11.5 Å². The van der Waals surface area contributed by atoms with Crippen LogP contribution in [-0.4, -0.2) is 19.9 Å². The predicted molar refractivity (Wildman–Crippen MR) is 79.2 cm³/mol. The highest BCUT2D eigenvalue weighted by molar-refractivity contribution is 5.99. The van der Waals surface area contributed by atoms with Crippen molar-refractivity contribution in [1.82, 2.24) is 0 Å². The smallest absolute Gasteiger partial charge is 0.103 e. The molecule has 2 heteroatoms. The highest BCUT2D eigenvalue weighted by Gasteiger charge is 2.17. The molecule has 0 aromatic heterocycles. The van der Waals surface area contributed by atoms with E-state index < -0.39 is 0 Å². The molecule has 96 valence electrons. The SMILES string of the molecule is CC.CC.CN=C1CCc2ccccc2N1C. The molecule has 0 spiro atoms. The summed E-state index contributed by atoms with van der Waals surface area (Å²) in [5.74, 6) is 1.18. The predicted octanol–water partition coefficient (Wildman–Crippen LogP) is 4.15. The average Bonchev–Trinajstić information content (AvgIpc) is 2.44. The second-order valence-corrected chi connectivity index (χ2v) is 3.33. The monoisotopic (exact) mass is 234 g/mol. The maximum absolute atomic E-state index is 4.27. The maximum atomic E-state index is 4.27. The summed E-state index contributed by atoms with van der Waals surface area (Å²) in [5, 5.41) is 0. The zero-order valence-electron chi connectivity index (χ0n) is 12.1. The molecule has 0 amide bonds. The Balaban J connectivity index is 0.000000581. The van der Waals surface area contributed by atoms with Gasteiger partial charge in [-0.3, -0.25) is 4.99 Å². The van der Waals surface area contributed by atoms with Crippen molar-refractivity contribution in [3.63, 3.8) is 0 Å². The molecule has 2 rings (SSSR count). The van der Waals surface area contributed by atoms with Gasteiger partial charge in [0.15, 0.2) is 0 Å². The molecule has 0 atom stereocenters. The van der Waals surface area contributed by atoms with Crippen LogP contribution in [0.1, 0.15) is 39.7 Å². The van der Waals surface area contributed by atoms with Crippen LogP contribution >= 0.6 is 0 Å². The summed E-state index contributed by atoms with van der Waals surface area (Å²) >= 11 is 0. The molecule has 2 nitrogen and oxygen atoms in total. The van der Waals surface area contributed by atoms with E-state index in [2.05, 4.69) is 41.2 Å². The number of hydrogen-bond acceptors (Lipinski definition) is 1. The Hall–Kier alpha value is -1.31. The number of anilines is 1. The molecule has 0 radical (unpaired) electrons. The number of aryl methyl sites for hydroxylation is 1. The minimum atomic E-state index is 1.06. The van der Waals surface area contributed by atoms with Gasteiger partial charge in [-0.2, -0.15) is 0 Å². The lowest BCUT2D eigenvalue weighted by Crippen LogP contribution is -2.31. The van der Waals surface area contributed by atoms with Gasteiger partial charge in [0.1, 0.15) is 5.84 Å². The summed E-state index contributed by atoms with van der Waals surface area (Å²) in [4.78, 5) is 6.45. The summed E-state index contributed by atoms with van der Waals surface area (Å²) in [6, 6.07) is 8.52. The van der Waals surface area contributed by atoms with E-state index in [1.807, 2.05) is 34.7 Å². The molecule has 0 unspecified atom stereocenters. The first kappa shape index (κ1) is 15.7. The standard InChI is InChI=1S/C11H14N2.2C2H6/c1-12-11-8-7-9-5-3-4-6-10(9)13(11)2;2*1-2/h3-6H,7-8H2,1-2H3;2*1-2H3. The first-order chi connectivity index (χ1) is 8.33. The number of amidine groups is 1. The topological polar surface area (TPSA) is 15.6 Å². The van der Waals surface area contributed by atoms with E-state index in [1.54, 1.807) is 0 Å². The number of hydrogen-bond donors (Lipinski definition) is 0. The van der Waals surface area contributed by atoms with Gasteiger partial charge in [-0.1, -0.05) is 45.9 Å². The van der Waals surface area contributed by atoms with Gasteiger partial charge in [-0.05, 0) is 18.1 Å². The van der Waals surface area contributed by atoms with Crippen molar-refractivity contribution in [2.45, 2.75) is 40.5 Å². The summed E-state index contributed by atoms with van der Waals surface area (Å²) in [5.41, 5.74) is 2.73. The Kier molecular flexibility index (Phi) is 8.12. The Bertz CT molecular complexity index is 343. The molecule has 1 aromatic rings. The van der Waals surface area contributed by atoms with Gasteiger partial charge < -0.3 is 4.90 Å². The van der Waals surface area contributed by atoms with Crippen LogP contribution in [0.4, 0.5) is 5.69 Å². The summed E-state index contributed by atoms with van der Waals surface area (Å²) in [6.07, 6.45) is 2.18. The third-order valence-electron chi connectivity index (χ3n) is 2.62. The van der Waals surface area contributed by atoms with E-state index in [-0.39, 0.29) is 0 Å². The third kappa shape index (κ3) is 3.88. The van der Waals surface area contributed by atoms with Crippen molar-refractivity contribution in [3.8, 4) is 0 Å². The molecule has 1 aliphatic heterocycles. The normalized spacial score (nSPS) is 15.2. The van der Waals surface area contributed by atoms with Crippen molar-refractivity contribution in [2.75, 3.05) is 19.0 Å². The quantitative estimate of drug-likeness (QED) is 0.658. The highest BCUT2D eigenvalue weighted by Crippen LogP contribution is 2.26. The van der Waals surface area contributed by atoms with E-state index in [1.165, 1.54) is 17.1 Å². The molecule has 0 N–H and O–H groups in total.